The molecule has 0 atom stereocenters. The molecule has 0 aliphatic heterocycles. The molecule has 0 spiro atoms. The maximum atomic E-state index is 11.1. The van der Waals surface area contributed by atoms with E-state index in [1.165, 1.54) is 33.4 Å². The van der Waals surface area contributed by atoms with Crippen LogP contribution in [0, 0.1) is 20.8 Å². The van der Waals surface area contributed by atoms with Crippen molar-refractivity contribution in [1.29, 1.82) is 0 Å². The standard InChI is InChI=1S/C47H47N3O/c1-29-21-30(2)43(31(3)22-29)34-24-32(23-33(25-34)40-27-35(19-20-48-40)46(4,5)6)39-26-36(47(7,8)9)28-41-44(39)49-45(38-17-13-14-18-42(38)51)50(41)37-15-11-10-12-16-37/h10-28,51H,1-9H3. The fourth-order valence-electron chi connectivity index (χ4n) is 7.28. The van der Waals surface area contributed by atoms with E-state index in [0.717, 1.165) is 44.7 Å². The van der Waals surface area contributed by atoms with Crippen LogP contribution in [0.3, 0.4) is 0 Å². The Morgan fingerprint density at radius 1 is 0.588 bits per heavy atom. The van der Waals surface area contributed by atoms with Crippen LogP contribution < -0.4 is 0 Å². The van der Waals surface area contributed by atoms with Crippen LogP contribution in [-0.4, -0.2) is 19.6 Å². The molecule has 0 unspecified atom stereocenters. The maximum Gasteiger partial charge on any atom is 0.149 e. The number of para-hydroxylation sites is 2. The first-order chi connectivity index (χ1) is 24.2. The van der Waals surface area contributed by atoms with E-state index in [1.54, 1.807) is 6.07 Å². The summed E-state index contributed by atoms with van der Waals surface area (Å²) in [5.41, 5.74) is 16.1. The molecule has 0 bridgehead atoms. The van der Waals surface area contributed by atoms with Crippen molar-refractivity contribution in [3.8, 4) is 56.3 Å². The van der Waals surface area contributed by atoms with Gasteiger partial charge in [-0.05, 0) is 137 Å². The molecular formula is C47H47N3O. The van der Waals surface area contributed by atoms with Crippen molar-refractivity contribution in [2.24, 2.45) is 0 Å². The van der Waals surface area contributed by atoms with Crippen LogP contribution in [0.1, 0.15) is 69.4 Å². The summed E-state index contributed by atoms with van der Waals surface area (Å²) in [4.78, 5) is 10.3. The Morgan fingerprint density at radius 2 is 1.22 bits per heavy atom. The number of aromatic hydroxyl groups is 1. The summed E-state index contributed by atoms with van der Waals surface area (Å²) in [6, 6.07) is 38.2. The summed E-state index contributed by atoms with van der Waals surface area (Å²) < 4.78 is 2.19. The first-order valence-corrected chi connectivity index (χ1v) is 17.8. The number of imidazole rings is 1. The molecule has 7 rings (SSSR count). The third-order valence-electron chi connectivity index (χ3n) is 9.92. The molecule has 1 N–H and O–H groups in total. The number of pyridine rings is 1. The normalized spacial score (nSPS) is 12.1. The predicted molar refractivity (Wildman–Crippen MR) is 214 cm³/mol. The summed E-state index contributed by atoms with van der Waals surface area (Å²) in [7, 11) is 0. The van der Waals surface area contributed by atoms with Crippen molar-refractivity contribution < 1.29 is 5.11 Å². The lowest BCUT2D eigenvalue weighted by atomic mass is 9.83. The molecule has 0 aliphatic carbocycles. The van der Waals surface area contributed by atoms with Gasteiger partial charge in [0.1, 0.15) is 11.6 Å². The number of fused-ring (bicyclic) bond motifs is 1. The highest BCUT2D eigenvalue weighted by Crippen LogP contribution is 2.43. The number of phenols is 1. The minimum Gasteiger partial charge on any atom is -0.507 e. The highest BCUT2D eigenvalue weighted by molar-refractivity contribution is 5.98. The summed E-state index contributed by atoms with van der Waals surface area (Å²) in [5, 5.41) is 11.1. The molecule has 2 aromatic heterocycles. The number of benzene rings is 5. The first-order valence-electron chi connectivity index (χ1n) is 17.8. The summed E-state index contributed by atoms with van der Waals surface area (Å²) in [5.74, 6) is 0.893. The average molecular weight is 670 g/mol. The molecule has 51 heavy (non-hydrogen) atoms. The molecule has 256 valence electrons. The number of aryl methyl sites for hydroxylation is 3. The zero-order valence-electron chi connectivity index (χ0n) is 31.3. The zero-order chi connectivity index (χ0) is 36.2. The smallest absolute Gasteiger partial charge is 0.149 e. The third kappa shape index (κ3) is 6.47. The minimum absolute atomic E-state index is 0.0147. The van der Waals surface area contributed by atoms with Gasteiger partial charge in [-0.15, -0.1) is 0 Å². The van der Waals surface area contributed by atoms with Gasteiger partial charge >= 0.3 is 0 Å². The molecule has 4 nitrogen and oxygen atoms in total. The van der Waals surface area contributed by atoms with Crippen LogP contribution in [0.2, 0.25) is 0 Å². The van der Waals surface area contributed by atoms with Gasteiger partial charge in [-0.3, -0.25) is 9.55 Å². The summed E-state index contributed by atoms with van der Waals surface area (Å²) in [6.45, 7) is 20.1. The molecule has 0 fully saturated rings. The van der Waals surface area contributed by atoms with Crippen molar-refractivity contribution in [3.63, 3.8) is 0 Å². The SMILES string of the molecule is Cc1cc(C)c(-c2cc(-c3cc(C(C)(C)C)ccn3)cc(-c3cc(C(C)(C)C)cc4c3nc(-c3ccccc3O)n4-c3ccccc3)c2)c(C)c1. The van der Waals surface area contributed by atoms with E-state index in [0.29, 0.717) is 11.4 Å². The highest BCUT2D eigenvalue weighted by atomic mass is 16.3. The van der Waals surface area contributed by atoms with Gasteiger partial charge in [0.2, 0.25) is 0 Å². The predicted octanol–water partition coefficient (Wildman–Crippen LogP) is 12.3. The average Bonchev–Trinajstić information content (AvgIpc) is 3.46. The van der Waals surface area contributed by atoms with Gasteiger partial charge in [-0.25, -0.2) is 4.98 Å². The number of rotatable bonds is 5. The monoisotopic (exact) mass is 669 g/mol. The van der Waals surface area contributed by atoms with Gasteiger partial charge in [0.15, 0.2) is 0 Å². The molecule has 2 heterocycles. The van der Waals surface area contributed by atoms with Crippen LogP contribution in [0.25, 0.3) is 61.6 Å². The second-order valence-electron chi connectivity index (χ2n) is 16.0. The largest absolute Gasteiger partial charge is 0.507 e. The lowest BCUT2D eigenvalue weighted by Crippen LogP contribution is -2.11. The Balaban J connectivity index is 1.60. The topological polar surface area (TPSA) is 50.9 Å². The Labute approximate surface area is 302 Å². The maximum absolute atomic E-state index is 11.1. The van der Waals surface area contributed by atoms with Crippen molar-refractivity contribution in [2.45, 2.75) is 73.1 Å². The van der Waals surface area contributed by atoms with Gasteiger partial charge in [0, 0.05) is 23.0 Å². The zero-order valence-corrected chi connectivity index (χ0v) is 31.3. The fraction of sp³-hybridized carbons (Fsp3) is 0.234. The van der Waals surface area contributed by atoms with E-state index < -0.39 is 0 Å². The Morgan fingerprint density at radius 3 is 1.88 bits per heavy atom. The van der Waals surface area contributed by atoms with E-state index in [-0.39, 0.29) is 16.6 Å². The number of hydrogen-bond donors (Lipinski definition) is 1. The van der Waals surface area contributed by atoms with Crippen LogP contribution in [0.5, 0.6) is 5.75 Å². The van der Waals surface area contributed by atoms with Gasteiger partial charge < -0.3 is 5.11 Å². The molecule has 4 heteroatoms. The highest BCUT2D eigenvalue weighted by Gasteiger charge is 2.25. The third-order valence-corrected chi connectivity index (χ3v) is 9.92. The second-order valence-corrected chi connectivity index (χ2v) is 16.0. The van der Waals surface area contributed by atoms with E-state index >= 15 is 0 Å². The Bertz CT molecular complexity index is 2400. The number of hydrogen-bond acceptors (Lipinski definition) is 3. The molecule has 0 radical (unpaired) electrons. The van der Waals surface area contributed by atoms with Crippen molar-refractivity contribution in [1.82, 2.24) is 14.5 Å². The van der Waals surface area contributed by atoms with E-state index in [4.69, 9.17) is 9.97 Å². The van der Waals surface area contributed by atoms with Gasteiger partial charge in [0.05, 0.1) is 22.3 Å². The van der Waals surface area contributed by atoms with Crippen molar-refractivity contribution >= 4 is 11.0 Å². The van der Waals surface area contributed by atoms with Crippen molar-refractivity contribution in [2.75, 3.05) is 0 Å². The second kappa shape index (κ2) is 12.7. The van der Waals surface area contributed by atoms with E-state index in [9.17, 15) is 5.11 Å². The van der Waals surface area contributed by atoms with Crippen molar-refractivity contribution in [3.05, 3.63) is 143 Å². The van der Waals surface area contributed by atoms with Gasteiger partial charge in [0.25, 0.3) is 0 Å². The van der Waals surface area contributed by atoms with Gasteiger partial charge in [-0.1, -0.05) is 89.6 Å². The molecule has 0 saturated heterocycles. The number of aromatic nitrogens is 3. The molecule has 7 aromatic rings. The van der Waals surface area contributed by atoms with Crippen LogP contribution in [0.4, 0.5) is 0 Å². The fourth-order valence-corrected chi connectivity index (χ4v) is 7.28. The Hall–Kier alpha value is -5.48. The molecule has 5 aromatic carbocycles. The molecule has 0 saturated carbocycles. The quantitative estimate of drug-likeness (QED) is 0.198. The van der Waals surface area contributed by atoms with E-state index in [2.05, 4.69) is 134 Å². The van der Waals surface area contributed by atoms with Crippen LogP contribution in [-0.2, 0) is 10.8 Å². The first kappa shape index (κ1) is 34.0. The number of phenolic OH excluding ortho intramolecular Hbond substituents is 1. The lowest BCUT2D eigenvalue weighted by Gasteiger charge is -2.22. The van der Waals surface area contributed by atoms with Crippen LogP contribution in [0.15, 0.2) is 115 Å². The van der Waals surface area contributed by atoms with Crippen LogP contribution >= 0.6 is 0 Å². The lowest BCUT2D eigenvalue weighted by molar-refractivity contribution is 0.477. The molecule has 0 amide bonds. The van der Waals surface area contributed by atoms with Gasteiger partial charge in [-0.2, -0.15) is 0 Å². The summed E-state index contributed by atoms with van der Waals surface area (Å²) in [6.07, 6.45) is 1.93. The van der Waals surface area contributed by atoms with E-state index in [1.807, 2.05) is 42.6 Å². The minimum atomic E-state index is -0.142. The molecular weight excluding hydrogens is 623 g/mol. The molecule has 0 aliphatic rings. The number of nitrogens with zero attached hydrogens (tertiary/aromatic N) is 3. The Kier molecular flexibility index (Phi) is 8.46. The summed E-state index contributed by atoms with van der Waals surface area (Å²) >= 11 is 0.